The van der Waals surface area contributed by atoms with E-state index in [1.165, 1.54) is 0 Å². The molecule has 2 amide bonds. The first-order valence-electron chi connectivity index (χ1n) is 7.13. The van der Waals surface area contributed by atoms with Crippen molar-refractivity contribution in [2.24, 2.45) is 5.41 Å². The second-order valence-corrected chi connectivity index (χ2v) is 7.25. The van der Waals surface area contributed by atoms with Crippen molar-refractivity contribution in [2.45, 2.75) is 46.2 Å². The van der Waals surface area contributed by atoms with Gasteiger partial charge in [0.05, 0.1) is 6.04 Å². The predicted octanol–water partition coefficient (Wildman–Crippen LogP) is 2.87. The summed E-state index contributed by atoms with van der Waals surface area (Å²) >= 11 is 1.14. The van der Waals surface area contributed by atoms with E-state index in [2.05, 4.69) is 10.6 Å². The zero-order valence-corrected chi connectivity index (χ0v) is 13.7. The summed E-state index contributed by atoms with van der Waals surface area (Å²) in [5, 5.41) is 5.53. The SMILES string of the molecule is CCc1ccc([C@H](NC(=O)[C@@H]2CSC(=O)N2)C(C)(C)C)o1. The number of hydrogen-bond donors (Lipinski definition) is 2. The Morgan fingerprint density at radius 2 is 2.24 bits per heavy atom. The highest BCUT2D eigenvalue weighted by atomic mass is 32.2. The number of furan rings is 1. The summed E-state index contributed by atoms with van der Waals surface area (Å²) in [5.41, 5.74) is -0.186. The van der Waals surface area contributed by atoms with Gasteiger partial charge in [0.15, 0.2) is 0 Å². The standard InChI is InChI=1S/C15H22N2O3S/c1-5-9-6-7-11(20-9)12(15(2,3)4)17-13(18)10-8-21-14(19)16-10/h6-7,10,12H,5,8H2,1-4H3,(H,16,19)(H,17,18)/t10-,12-/m0/s1. The van der Waals surface area contributed by atoms with Crippen LogP contribution in [0.25, 0.3) is 0 Å². The molecule has 0 bridgehead atoms. The Labute approximate surface area is 129 Å². The molecule has 0 spiro atoms. The molecule has 2 atom stereocenters. The van der Waals surface area contributed by atoms with Crippen LogP contribution >= 0.6 is 11.8 Å². The van der Waals surface area contributed by atoms with Crippen LogP contribution in [0, 0.1) is 5.41 Å². The maximum atomic E-state index is 12.3. The molecule has 0 aliphatic carbocycles. The molecule has 0 unspecified atom stereocenters. The number of carbonyl (C=O) groups is 2. The normalized spacial score (nSPS) is 20.2. The fourth-order valence-electron chi connectivity index (χ4n) is 2.22. The molecule has 21 heavy (non-hydrogen) atoms. The highest BCUT2D eigenvalue weighted by Gasteiger charge is 2.35. The quantitative estimate of drug-likeness (QED) is 0.897. The molecule has 5 nitrogen and oxygen atoms in total. The van der Waals surface area contributed by atoms with E-state index in [0.29, 0.717) is 5.75 Å². The maximum absolute atomic E-state index is 12.3. The fraction of sp³-hybridized carbons (Fsp3) is 0.600. The summed E-state index contributed by atoms with van der Waals surface area (Å²) in [5.74, 6) is 1.96. The minimum atomic E-state index is -0.465. The molecule has 1 aromatic heterocycles. The predicted molar refractivity (Wildman–Crippen MR) is 83.2 cm³/mol. The fourth-order valence-corrected chi connectivity index (χ4v) is 3.00. The third-order valence-electron chi connectivity index (χ3n) is 3.46. The van der Waals surface area contributed by atoms with Crippen LogP contribution in [0.2, 0.25) is 0 Å². The Hall–Kier alpha value is -1.43. The van der Waals surface area contributed by atoms with E-state index in [9.17, 15) is 9.59 Å². The van der Waals surface area contributed by atoms with E-state index in [0.717, 1.165) is 29.7 Å². The molecule has 0 aromatic carbocycles. The second kappa shape index (κ2) is 6.13. The molecular weight excluding hydrogens is 288 g/mol. The third kappa shape index (κ3) is 3.81. The topological polar surface area (TPSA) is 71.3 Å². The van der Waals surface area contributed by atoms with E-state index in [-0.39, 0.29) is 22.6 Å². The first kappa shape index (κ1) is 15.9. The average molecular weight is 310 g/mol. The van der Waals surface area contributed by atoms with Crippen molar-refractivity contribution in [3.05, 3.63) is 23.7 Å². The van der Waals surface area contributed by atoms with Crippen molar-refractivity contribution < 1.29 is 14.0 Å². The number of nitrogens with one attached hydrogen (secondary N) is 2. The van der Waals surface area contributed by atoms with E-state index < -0.39 is 6.04 Å². The summed E-state index contributed by atoms with van der Waals surface area (Å²) < 4.78 is 5.80. The molecule has 116 valence electrons. The molecule has 2 heterocycles. The van der Waals surface area contributed by atoms with Gasteiger partial charge < -0.3 is 15.1 Å². The largest absolute Gasteiger partial charge is 0.464 e. The monoisotopic (exact) mass is 310 g/mol. The lowest BCUT2D eigenvalue weighted by atomic mass is 9.85. The first-order chi connectivity index (χ1) is 9.81. The van der Waals surface area contributed by atoms with E-state index in [1.807, 2.05) is 39.8 Å². The second-order valence-electron chi connectivity index (χ2n) is 6.26. The lowest BCUT2D eigenvalue weighted by Crippen LogP contribution is -2.46. The van der Waals surface area contributed by atoms with Crippen LogP contribution in [0.5, 0.6) is 0 Å². The first-order valence-corrected chi connectivity index (χ1v) is 8.12. The van der Waals surface area contributed by atoms with Crippen LogP contribution in [0.3, 0.4) is 0 Å². The summed E-state index contributed by atoms with van der Waals surface area (Å²) in [7, 11) is 0. The lowest BCUT2D eigenvalue weighted by Gasteiger charge is -2.30. The van der Waals surface area contributed by atoms with Crippen LogP contribution in [0.4, 0.5) is 4.79 Å². The number of aryl methyl sites for hydroxylation is 1. The number of rotatable bonds is 4. The van der Waals surface area contributed by atoms with Crippen molar-refractivity contribution in [2.75, 3.05) is 5.75 Å². The molecular formula is C15H22N2O3S. The molecule has 1 aromatic rings. The van der Waals surface area contributed by atoms with Gasteiger partial charge in [-0.25, -0.2) is 0 Å². The molecule has 0 saturated carbocycles. The molecule has 2 rings (SSSR count). The van der Waals surface area contributed by atoms with Gasteiger partial charge in [0.2, 0.25) is 5.91 Å². The summed E-state index contributed by atoms with van der Waals surface area (Å²) in [4.78, 5) is 23.5. The third-order valence-corrected chi connectivity index (χ3v) is 4.34. The Kier molecular flexibility index (Phi) is 4.66. The summed E-state index contributed by atoms with van der Waals surface area (Å²) in [6.45, 7) is 8.18. The van der Waals surface area contributed by atoms with Gasteiger partial charge in [0, 0.05) is 12.2 Å². The van der Waals surface area contributed by atoms with Crippen LogP contribution in [0.15, 0.2) is 16.5 Å². The highest BCUT2D eigenvalue weighted by Crippen LogP contribution is 2.34. The summed E-state index contributed by atoms with van der Waals surface area (Å²) in [6, 6.07) is 3.16. The van der Waals surface area contributed by atoms with Gasteiger partial charge in [-0.2, -0.15) is 0 Å². The Morgan fingerprint density at radius 1 is 1.52 bits per heavy atom. The minimum Gasteiger partial charge on any atom is -0.464 e. The van der Waals surface area contributed by atoms with Gasteiger partial charge in [-0.1, -0.05) is 39.5 Å². The van der Waals surface area contributed by atoms with Gasteiger partial charge in [-0.3, -0.25) is 9.59 Å². The van der Waals surface area contributed by atoms with Gasteiger partial charge in [0.1, 0.15) is 17.6 Å². The highest BCUT2D eigenvalue weighted by molar-refractivity contribution is 8.14. The number of thioether (sulfide) groups is 1. The molecule has 1 aliphatic rings. The van der Waals surface area contributed by atoms with Crippen molar-refractivity contribution in [1.29, 1.82) is 0 Å². The van der Waals surface area contributed by atoms with E-state index >= 15 is 0 Å². The smallest absolute Gasteiger partial charge is 0.279 e. The number of amides is 2. The van der Waals surface area contributed by atoms with Crippen LogP contribution in [0.1, 0.15) is 45.3 Å². The van der Waals surface area contributed by atoms with E-state index in [1.54, 1.807) is 0 Å². The van der Waals surface area contributed by atoms with Crippen molar-refractivity contribution >= 4 is 22.9 Å². The maximum Gasteiger partial charge on any atom is 0.279 e. The number of hydrogen-bond acceptors (Lipinski definition) is 4. The molecule has 0 radical (unpaired) electrons. The Bertz CT molecular complexity index is 533. The zero-order valence-electron chi connectivity index (χ0n) is 12.9. The molecule has 6 heteroatoms. The molecule has 1 aliphatic heterocycles. The van der Waals surface area contributed by atoms with Gasteiger partial charge >= 0.3 is 0 Å². The minimum absolute atomic E-state index is 0.145. The Balaban J connectivity index is 2.13. The van der Waals surface area contributed by atoms with Gasteiger partial charge in [-0.15, -0.1) is 0 Å². The van der Waals surface area contributed by atoms with Gasteiger partial charge in [0.25, 0.3) is 5.24 Å². The van der Waals surface area contributed by atoms with Crippen LogP contribution < -0.4 is 10.6 Å². The zero-order chi connectivity index (χ0) is 15.6. The van der Waals surface area contributed by atoms with E-state index in [4.69, 9.17) is 4.42 Å². The number of carbonyl (C=O) groups excluding carboxylic acids is 2. The molecule has 2 N–H and O–H groups in total. The summed E-state index contributed by atoms with van der Waals surface area (Å²) in [6.07, 6.45) is 0.820. The lowest BCUT2D eigenvalue weighted by molar-refractivity contribution is -0.124. The van der Waals surface area contributed by atoms with Gasteiger partial charge in [-0.05, 0) is 17.5 Å². The molecule has 1 fully saturated rings. The van der Waals surface area contributed by atoms with Crippen molar-refractivity contribution in [3.63, 3.8) is 0 Å². The van der Waals surface area contributed by atoms with Crippen molar-refractivity contribution in [3.8, 4) is 0 Å². The Morgan fingerprint density at radius 3 is 2.71 bits per heavy atom. The van der Waals surface area contributed by atoms with Crippen LogP contribution in [-0.2, 0) is 11.2 Å². The molecule has 1 saturated heterocycles. The van der Waals surface area contributed by atoms with Crippen LogP contribution in [-0.4, -0.2) is 22.9 Å². The average Bonchev–Trinajstić information content (AvgIpc) is 3.02. The van der Waals surface area contributed by atoms with Crippen molar-refractivity contribution in [1.82, 2.24) is 10.6 Å².